The summed E-state index contributed by atoms with van der Waals surface area (Å²) in [7, 11) is 1.35. The molecular formula is C26H26ClNO4. The van der Waals surface area contributed by atoms with E-state index in [4.69, 9.17) is 31.2 Å². The fraction of sp³-hybridized carbons (Fsp3) is 0.192. The summed E-state index contributed by atoms with van der Waals surface area (Å²) in [6.45, 7) is 6.35. The molecule has 0 atom stereocenters. The van der Waals surface area contributed by atoms with Gasteiger partial charge in [0.25, 0.3) is 0 Å². The Labute approximate surface area is 192 Å². The number of esters is 1. The van der Waals surface area contributed by atoms with E-state index in [9.17, 15) is 4.79 Å². The van der Waals surface area contributed by atoms with Crippen molar-refractivity contribution in [2.75, 3.05) is 7.11 Å². The molecule has 0 aliphatic carbocycles. The number of nitrogens with two attached hydrogens (primary N) is 1. The SMILES string of the molecule is C=C/C(CC(=O)OC)=C(\C=C/C)OCc1coc2c(-c3cccc(CN)c3)cc(Cl)cc12. The van der Waals surface area contributed by atoms with Crippen LogP contribution in [0.15, 0.2) is 83.2 Å². The summed E-state index contributed by atoms with van der Waals surface area (Å²) in [5.41, 5.74) is 10.9. The smallest absolute Gasteiger partial charge is 0.310 e. The van der Waals surface area contributed by atoms with Gasteiger partial charge in [-0.25, -0.2) is 0 Å². The summed E-state index contributed by atoms with van der Waals surface area (Å²) in [5, 5.41) is 1.45. The van der Waals surface area contributed by atoms with Crippen LogP contribution in [0, 0.1) is 0 Å². The first-order valence-electron chi connectivity index (χ1n) is 10.2. The Balaban J connectivity index is 1.97. The normalized spacial score (nSPS) is 12.1. The van der Waals surface area contributed by atoms with E-state index in [1.165, 1.54) is 7.11 Å². The van der Waals surface area contributed by atoms with Crippen LogP contribution in [0.2, 0.25) is 5.02 Å². The van der Waals surface area contributed by atoms with Gasteiger partial charge < -0.3 is 19.6 Å². The molecule has 0 amide bonds. The molecule has 3 rings (SSSR count). The van der Waals surface area contributed by atoms with E-state index in [0.29, 0.717) is 22.9 Å². The first kappa shape index (κ1) is 23.4. The third-order valence-corrected chi connectivity index (χ3v) is 5.24. The van der Waals surface area contributed by atoms with Crippen molar-refractivity contribution in [2.45, 2.75) is 26.5 Å². The molecule has 0 saturated heterocycles. The highest BCUT2D eigenvalue weighted by molar-refractivity contribution is 6.32. The third-order valence-electron chi connectivity index (χ3n) is 5.02. The fourth-order valence-corrected chi connectivity index (χ4v) is 3.61. The summed E-state index contributed by atoms with van der Waals surface area (Å²) in [6, 6.07) is 11.7. The second-order valence-electron chi connectivity index (χ2n) is 7.13. The number of ether oxygens (including phenoxy) is 2. The van der Waals surface area contributed by atoms with Gasteiger partial charge in [-0.2, -0.15) is 0 Å². The van der Waals surface area contributed by atoms with Crippen LogP contribution in [0.25, 0.3) is 22.1 Å². The number of carbonyl (C=O) groups excluding carboxylic acids is 1. The molecule has 32 heavy (non-hydrogen) atoms. The van der Waals surface area contributed by atoms with Gasteiger partial charge in [0.15, 0.2) is 0 Å². The van der Waals surface area contributed by atoms with Gasteiger partial charge in [-0.1, -0.05) is 48.5 Å². The minimum Gasteiger partial charge on any atom is -0.488 e. The van der Waals surface area contributed by atoms with Crippen LogP contribution in [-0.4, -0.2) is 13.1 Å². The topological polar surface area (TPSA) is 74.7 Å². The Morgan fingerprint density at radius 1 is 1.28 bits per heavy atom. The largest absolute Gasteiger partial charge is 0.488 e. The number of rotatable bonds is 9. The van der Waals surface area contributed by atoms with Crippen LogP contribution in [0.3, 0.4) is 0 Å². The molecule has 0 aliphatic heterocycles. The maximum Gasteiger partial charge on any atom is 0.310 e. The van der Waals surface area contributed by atoms with Gasteiger partial charge in [-0.15, -0.1) is 0 Å². The number of carbonyl (C=O) groups is 1. The Kier molecular flexibility index (Phi) is 7.92. The second-order valence-corrected chi connectivity index (χ2v) is 7.57. The van der Waals surface area contributed by atoms with E-state index in [0.717, 1.165) is 33.2 Å². The van der Waals surface area contributed by atoms with Crippen LogP contribution in [0.1, 0.15) is 24.5 Å². The Hall–Kier alpha value is -3.28. The van der Waals surface area contributed by atoms with Crippen molar-refractivity contribution in [3.63, 3.8) is 0 Å². The molecule has 0 spiro atoms. The van der Waals surface area contributed by atoms with Crippen LogP contribution in [0.4, 0.5) is 0 Å². The lowest BCUT2D eigenvalue weighted by Crippen LogP contribution is -2.04. The monoisotopic (exact) mass is 451 g/mol. The molecule has 1 aromatic heterocycles. The Morgan fingerprint density at radius 2 is 2.09 bits per heavy atom. The first-order chi connectivity index (χ1) is 15.5. The second kappa shape index (κ2) is 10.8. The van der Waals surface area contributed by atoms with E-state index in [2.05, 4.69) is 6.58 Å². The van der Waals surface area contributed by atoms with Crippen molar-refractivity contribution in [1.82, 2.24) is 0 Å². The lowest BCUT2D eigenvalue weighted by Gasteiger charge is -2.11. The zero-order chi connectivity index (χ0) is 23.1. The zero-order valence-electron chi connectivity index (χ0n) is 18.2. The molecule has 6 heteroatoms. The van der Waals surface area contributed by atoms with E-state index < -0.39 is 0 Å². The molecule has 0 aliphatic rings. The molecule has 0 unspecified atom stereocenters. The van der Waals surface area contributed by atoms with Gasteiger partial charge in [-0.05, 0) is 42.3 Å². The first-order valence-corrected chi connectivity index (χ1v) is 10.5. The predicted molar refractivity (Wildman–Crippen MR) is 128 cm³/mol. The highest BCUT2D eigenvalue weighted by atomic mass is 35.5. The Morgan fingerprint density at radius 3 is 2.78 bits per heavy atom. The minimum absolute atomic E-state index is 0.0687. The van der Waals surface area contributed by atoms with Crippen LogP contribution < -0.4 is 5.73 Å². The summed E-state index contributed by atoms with van der Waals surface area (Å²) in [6.07, 6.45) is 6.96. The maximum absolute atomic E-state index is 11.7. The highest BCUT2D eigenvalue weighted by Crippen LogP contribution is 2.35. The highest BCUT2D eigenvalue weighted by Gasteiger charge is 2.15. The van der Waals surface area contributed by atoms with Crippen molar-refractivity contribution in [3.8, 4) is 11.1 Å². The van der Waals surface area contributed by atoms with Crippen molar-refractivity contribution >= 4 is 28.5 Å². The molecule has 166 valence electrons. The lowest BCUT2D eigenvalue weighted by molar-refractivity contribution is -0.139. The van der Waals surface area contributed by atoms with Gasteiger partial charge in [0.1, 0.15) is 17.9 Å². The van der Waals surface area contributed by atoms with Gasteiger partial charge in [-0.3, -0.25) is 4.79 Å². The lowest BCUT2D eigenvalue weighted by atomic mass is 10.0. The number of methoxy groups -OCH3 is 1. The molecule has 5 nitrogen and oxygen atoms in total. The molecule has 0 saturated carbocycles. The Bertz CT molecular complexity index is 1190. The van der Waals surface area contributed by atoms with Crippen LogP contribution in [0.5, 0.6) is 0 Å². The average molecular weight is 452 g/mol. The molecule has 0 fully saturated rings. The number of furan rings is 1. The summed E-state index contributed by atoms with van der Waals surface area (Å²) < 4.78 is 16.7. The number of fused-ring (bicyclic) bond motifs is 1. The van der Waals surface area contributed by atoms with Gasteiger partial charge in [0.05, 0.1) is 19.8 Å². The van der Waals surface area contributed by atoms with E-state index in [1.54, 1.807) is 18.4 Å². The van der Waals surface area contributed by atoms with Crippen molar-refractivity contribution < 1.29 is 18.7 Å². The van der Waals surface area contributed by atoms with E-state index >= 15 is 0 Å². The van der Waals surface area contributed by atoms with E-state index in [-0.39, 0.29) is 19.0 Å². The van der Waals surface area contributed by atoms with Gasteiger partial charge >= 0.3 is 5.97 Å². The summed E-state index contributed by atoms with van der Waals surface area (Å²) >= 11 is 6.44. The number of halogens is 1. The fourth-order valence-electron chi connectivity index (χ4n) is 3.39. The minimum atomic E-state index is -0.365. The summed E-state index contributed by atoms with van der Waals surface area (Å²) in [4.78, 5) is 11.7. The van der Waals surface area contributed by atoms with E-state index in [1.807, 2.05) is 49.4 Å². The quantitative estimate of drug-likeness (QED) is 0.234. The standard InChI is InChI=1S/C26H26ClNO4/c1-4-7-24(18(5-2)11-25(29)30-3)31-15-20-16-32-26-22(12-21(27)13-23(20)26)19-9-6-8-17(10-19)14-28/h4-10,12-13,16H,2,11,14-15,28H2,1,3H3/b7-4-,24-18-. The third kappa shape index (κ3) is 5.31. The predicted octanol–water partition coefficient (Wildman–Crippen LogP) is 6.31. The summed E-state index contributed by atoms with van der Waals surface area (Å²) in [5.74, 6) is 0.176. The number of hydrogen-bond donors (Lipinski definition) is 1. The number of hydrogen-bond acceptors (Lipinski definition) is 5. The molecule has 0 radical (unpaired) electrons. The van der Waals surface area contributed by atoms with Gasteiger partial charge in [0, 0.05) is 33.7 Å². The molecule has 2 N–H and O–H groups in total. The molecule has 3 aromatic rings. The molecule has 0 bridgehead atoms. The maximum atomic E-state index is 11.7. The molecule has 1 heterocycles. The van der Waals surface area contributed by atoms with Gasteiger partial charge in [0.2, 0.25) is 0 Å². The number of benzene rings is 2. The van der Waals surface area contributed by atoms with Crippen LogP contribution in [-0.2, 0) is 27.4 Å². The molecular weight excluding hydrogens is 426 g/mol. The molecule has 2 aromatic carbocycles. The van der Waals surface area contributed by atoms with Crippen molar-refractivity contribution in [2.24, 2.45) is 5.73 Å². The number of allylic oxidation sites excluding steroid dienone is 3. The average Bonchev–Trinajstić information content (AvgIpc) is 3.22. The zero-order valence-corrected chi connectivity index (χ0v) is 18.9. The van der Waals surface area contributed by atoms with Crippen molar-refractivity contribution in [3.05, 3.63) is 95.0 Å². The van der Waals surface area contributed by atoms with Crippen LogP contribution >= 0.6 is 11.6 Å². The van der Waals surface area contributed by atoms with Crippen molar-refractivity contribution in [1.29, 1.82) is 0 Å².